The summed E-state index contributed by atoms with van der Waals surface area (Å²) in [7, 11) is 0. The molecule has 0 saturated carbocycles. The van der Waals surface area contributed by atoms with Crippen molar-refractivity contribution in [2.75, 3.05) is 19.7 Å². The third kappa shape index (κ3) is 4.73. The summed E-state index contributed by atoms with van der Waals surface area (Å²) in [6.45, 7) is 2.16. The number of amides is 2. The fourth-order valence-corrected chi connectivity index (χ4v) is 3.02. The van der Waals surface area contributed by atoms with Crippen molar-refractivity contribution in [1.82, 2.24) is 15.6 Å². The van der Waals surface area contributed by atoms with E-state index in [2.05, 4.69) is 33.8 Å². The Hall–Kier alpha value is -2.01. The third-order valence-corrected chi connectivity index (χ3v) is 4.29. The van der Waals surface area contributed by atoms with E-state index in [1.165, 1.54) is 11.8 Å². The molecule has 2 heterocycles. The zero-order valence-corrected chi connectivity index (χ0v) is 13.4. The van der Waals surface area contributed by atoms with Crippen LogP contribution in [0.25, 0.3) is 10.9 Å². The number of nitrogens with one attached hydrogen (secondary N) is 3. The molecule has 0 unspecified atom stereocenters. The van der Waals surface area contributed by atoms with Gasteiger partial charge in [-0.1, -0.05) is 18.2 Å². The highest BCUT2D eigenvalue weighted by atomic mass is 16.5. The second kappa shape index (κ2) is 8.02. The molecule has 1 aliphatic rings. The summed E-state index contributed by atoms with van der Waals surface area (Å²) in [6, 6.07) is 10.2. The predicted octanol–water partition coefficient (Wildman–Crippen LogP) is 2.97. The minimum atomic E-state index is -0.100. The lowest BCUT2D eigenvalue weighted by Crippen LogP contribution is -2.38. The Labute approximate surface area is 136 Å². The Balaban J connectivity index is 1.32. The van der Waals surface area contributed by atoms with Gasteiger partial charge in [0.1, 0.15) is 0 Å². The number of hydrogen-bond acceptors (Lipinski definition) is 2. The molecule has 0 spiro atoms. The van der Waals surface area contributed by atoms with E-state index >= 15 is 0 Å². The fraction of sp³-hybridized carbons (Fsp3) is 0.500. The number of ether oxygens (including phenoxy) is 1. The molecule has 2 aromatic rings. The van der Waals surface area contributed by atoms with E-state index in [9.17, 15) is 4.79 Å². The van der Waals surface area contributed by atoms with Crippen LogP contribution in [0.5, 0.6) is 0 Å². The van der Waals surface area contributed by atoms with Crippen molar-refractivity contribution in [3.63, 3.8) is 0 Å². The third-order valence-electron chi connectivity index (χ3n) is 4.29. The number of fused-ring (bicyclic) bond motifs is 1. The van der Waals surface area contributed by atoms with Crippen molar-refractivity contribution in [2.24, 2.45) is 0 Å². The van der Waals surface area contributed by atoms with Crippen LogP contribution in [0.1, 0.15) is 31.4 Å². The summed E-state index contributed by atoms with van der Waals surface area (Å²) >= 11 is 0. The lowest BCUT2D eigenvalue weighted by molar-refractivity contribution is 0.0120. The lowest BCUT2D eigenvalue weighted by atomic mass is 10.1. The Bertz CT molecular complexity index is 599. The van der Waals surface area contributed by atoms with Gasteiger partial charge in [-0.3, -0.25) is 0 Å². The number of rotatable bonds is 6. The first-order valence-electron chi connectivity index (χ1n) is 8.51. The van der Waals surface area contributed by atoms with Gasteiger partial charge < -0.3 is 20.4 Å². The minimum absolute atomic E-state index is 0.100. The standard InChI is InChI=1S/C18H25N3O2/c22-18(20-11-9-16-6-3-4-12-23-16)19-10-8-15-13-14-5-1-2-7-17(14)21-15/h1-2,5,7,13,16,21H,3-4,6,8-12H2,(H2,19,20,22)/t16-/m1/s1. The maximum atomic E-state index is 11.8. The molecule has 0 aliphatic carbocycles. The van der Waals surface area contributed by atoms with Gasteiger partial charge in [0.15, 0.2) is 0 Å². The summed E-state index contributed by atoms with van der Waals surface area (Å²) < 4.78 is 5.65. The number of aromatic nitrogens is 1. The van der Waals surface area contributed by atoms with Crippen LogP contribution in [-0.4, -0.2) is 36.8 Å². The average molecular weight is 315 g/mol. The van der Waals surface area contributed by atoms with Crippen LogP contribution < -0.4 is 10.6 Å². The highest BCUT2D eigenvalue weighted by Gasteiger charge is 2.13. The number of benzene rings is 1. The summed E-state index contributed by atoms with van der Waals surface area (Å²) in [5.41, 5.74) is 2.28. The van der Waals surface area contributed by atoms with E-state index in [-0.39, 0.29) is 6.03 Å². The van der Waals surface area contributed by atoms with Gasteiger partial charge in [0, 0.05) is 37.3 Å². The van der Waals surface area contributed by atoms with Crippen molar-refractivity contribution >= 4 is 16.9 Å². The van der Waals surface area contributed by atoms with E-state index < -0.39 is 0 Å². The van der Waals surface area contributed by atoms with Crippen LogP contribution in [0.2, 0.25) is 0 Å². The Morgan fingerprint density at radius 3 is 2.91 bits per heavy atom. The molecule has 1 fully saturated rings. The molecule has 5 nitrogen and oxygen atoms in total. The molecule has 0 radical (unpaired) electrons. The molecule has 1 aromatic carbocycles. The van der Waals surface area contributed by atoms with E-state index in [1.54, 1.807) is 0 Å². The average Bonchev–Trinajstić information content (AvgIpc) is 2.98. The molecule has 0 bridgehead atoms. The second-order valence-electron chi connectivity index (χ2n) is 6.09. The Kier molecular flexibility index (Phi) is 5.53. The number of urea groups is 1. The van der Waals surface area contributed by atoms with Gasteiger partial charge in [0.05, 0.1) is 6.10 Å². The first kappa shape index (κ1) is 15.9. The number of hydrogen-bond donors (Lipinski definition) is 3. The monoisotopic (exact) mass is 315 g/mol. The maximum absolute atomic E-state index is 11.8. The number of para-hydroxylation sites is 1. The van der Waals surface area contributed by atoms with Gasteiger partial charge in [0.25, 0.3) is 0 Å². The van der Waals surface area contributed by atoms with E-state index in [1.807, 2.05) is 12.1 Å². The van der Waals surface area contributed by atoms with Crippen molar-refractivity contribution in [2.45, 2.75) is 38.2 Å². The van der Waals surface area contributed by atoms with Crippen LogP contribution in [0.3, 0.4) is 0 Å². The molecule has 124 valence electrons. The van der Waals surface area contributed by atoms with E-state index in [0.717, 1.165) is 43.5 Å². The topological polar surface area (TPSA) is 66.2 Å². The molecule has 1 saturated heterocycles. The highest BCUT2D eigenvalue weighted by Crippen LogP contribution is 2.15. The lowest BCUT2D eigenvalue weighted by Gasteiger charge is -2.22. The largest absolute Gasteiger partial charge is 0.378 e. The minimum Gasteiger partial charge on any atom is -0.378 e. The molecule has 1 aromatic heterocycles. The molecule has 1 atom stereocenters. The summed E-state index contributed by atoms with van der Waals surface area (Å²) in [5.74, 6) is 0. The van der Waals surface area contributed by atoms with Crippen molar-refractivity contribution in [1.29, 1.82) is 0 Å². The van der Waals surface area contributed by atoms with Crippen molar-refractivity contribution in [3.05, 3.63) is 36.0 Å². The number of carbonyl (C=O) groups excluding carboxylic acids is 1. The first-order valence-corrected chi connectivity index (χ1v) is 8.51. The molecule has 23 heavy (non-hydrogen) atoms. The van der Waals surface area contributed by atoms with Crippen LogP contribution in [0.15, 0.2) is 30.3 Å². The zero-order chi connectivity index (χ0) is 15.9. The smallest absolute Gasteiger partial charge is 0.314 e. The summed E-state index contributed by atoms with van der Waals surface area (Å²) in [4.78, 5) is 15.1. The number of aromatic amines is 1. The summed E-state index contributed by atoms with van der Waals surface area (Å²) in [6.07, 6.45) is 5.53. The molecule has 3 rings (SSSR count). The van der Waals surface area contributed by atoms with Crippen LogP contribution in [-0.2, 0) is 11.2 Å². The van der Waals surface area contributed by atoms with Gasteiger partial charge in [-0.2, -0.15) is 0 Å². The van der Waals surface area contributed by atoms with Crippen molar-refractivity contribution in [3.8, 4) is 0 Å². The van der Waals surface area contributed by atoms with Gasteiger partial charge >= 0.3 is 6.03 Å². The number of H-pyrrole nitrogens is 1. The molecule has 1 aliphatic heterocycles. The van der Waals surface area contributed by atoms with Gasteiger partial charge in [-0.15, -0.1) is 0 Å². The maximum Gasteiger partial charge on any atom is 0.314 e. The summed E-state index contributed by atoms with van der Waals surface area (Å²) in [5, 5.41) is 7.01. The Morgan fingerprint density at radius 2 is 2.09 bits per heavy atom. The molecule has 3 N–H and O–H groups in total. The SMILES string of the molecule is O=C(NCCc1cc2ccccc2[nH]1)NCC[C@H]1CCCCO1. The van der Waals surface area contributed by atoms with Crippen LogP contribution in [0.4, 0.5) is 4.79 Å². The highest BCUT2D eigenvalue weighted by molar-refractivity contribution is 5.80. The molecule has 5 heteroatoms. The molecular weight excluding hydrogens is 290 g/mol. The normalized spacial score (nSPS) is 18.0. The fourth-order valence-electron chi connectivity index (χ4n) is 3.02. The quantitative estimate of drug-likeness (QED) is 0.767. The van der Waals surface area contributed by atoms with Crippen LogP contribution >= 0.6 is 0 Å². The second-order valence-corrected chi connectivity index (χ2v) is 6.09. The van der Waals surface area contributed by atoms with Gasteiger partial charge in [-0.05, 0) is 43.2 Å². The first-order chi connectivity index (χ1) is 11.3. The van der Waals surface area contributed by atoms with Gasteiger partial charge in [0.2, 0.25) is 0 Å². The zero-order valence-electron chi connectivity index (χ0n) is 13.4. The predicted molar refractivity (Wildman–Crippen MR) is 91.6 cm³/mol. The molecule has 2 amide bonds. The van der Waals surface area contributed by atoms with Gasteiger partial charge in [-0.25, -0.2) is 4.79 Å². The van der Waals surface area contributed by atoms with Crippen molar-refractivity contribution < 1.29 is 9.53 Å². The van der Waals surface area contributed by atoms with E-state index in [0.29, 0.717) is 19.2 Å². The molecular formula is C18H25N3O2. The van der Waals surface area contributed by atoms with E-state index in [4.69, 9.17) is 4.74 Å². The Morgan fingerprint density at radius 1 is 1.22 bits per heavy atom. The number of carbonyl (C=O) groups is 1. The van der Waals surface area contributed by atoms with Crippen LogP contribution in [0, 0.1) is 0 Å².